The van der Waals surface area contributed by atoms with Crippen LogP contribution in [0.5, 0.6) is 5.75 Å². The van der Waals surface area contributed by atoms with E-state index in [0.29, 0.717) is 41.5 Å². The molecule has 2 fully saturated rings. The Labute approximate surface area is 397 Å². The Bertz CT molecular complexity index is 1880. The third-order valence-corrected chi connectivity index (χ3v) is 12.9. The SMILES string of the molecule is CCCC(=O)NC(C(=O)N[C@@H]1C(=O)NC(CCCCN)C(=O)NC2CCC(O)N(C2=O)C(C(C)CC)C(=O)N(C)C(Cc2ccc(OC)c(Br)c2)C(=O)NC(C(C)C)C(=O)O[C@@H]1C)C(C)C. The number of nitrogens with zero attached hydrogens (tertiary/aromatic N) is 2. The van der Waals surface area contributed by atoms with E-state index in [2.05, 4.69) is 42.5 Å². The van der Waals surface area contributed by atoms with Gasteiger partial charge in [-0.15, -0.1) is 0 Å². The lowest BCUT2D eigenvalue weighted by atomic mass is 9.91. The monoisotopic (exact) mass is 992 g/mol. The minimum absolute atomic E-state index is 0.00292. The molecule has 1 aromatic carbocycles. The molecule has 66 heavy (non-hydrogen) atoms. The van der Waals surface area contributed by atoms with E-state index in [1.54, 1.807) is 52.8 Å². The van der Waals surface area contributed by atoms with Gasteiger partial charge in [0.05, 0.1) is 11.6 Å². The molecule has 20 heteroatoms. The van der Waals surface area contributed by atoms with Crippen LogP contribution < -0.4 is 37.1 Å². The molecule has 3 rings (SSSR count). The van der Waals surface area contributed by atoms with Crippen molar-refractivity contribution in [1.82, 2.24) is 36.4 Å². The summed E-state index contributed by atoms with van der Waals surface area (Å²) in [5, 5.41) is 25.1. The summed E-state index contributed by atoms with van der Waals surface area (Å²) < 4.78 is 11.9. The van der Waals surface area contributed by atoms with E-state index in [1.165, 1.54) is 26.0 Å². The number of piperidine rings is 1. The maximum Gasteiger partial charge on any atom is 0.329 e. The van der Waals surface area contributed by atoms with E-state index in [0.717, 1.165) is 4.90 Å². The molecule has 0 spiro atoms. The molecule has 2 aliphatic rings. The summed E-state index contributed by atoms with van der Waals surface area (Å²) in [6, 6.07) is -4.04. The van der Waals surface area contributed by atoms with Crippen LogP contribution in [0.3, 0.4) is 0 Å². The summed E-state index contributed by atoms with van der Waals surface area (Å²) in [7, 11) is 2.92. The maximum atomic E-state index is 14.9. The molecule has 7 amide bonds. The number of aliphatic hydroxyl groups excluding tert-OH is 1. The number of nitrogens with one attached hydrogen (secondary N) is 5. The molecule has 19 nitrogen and oxygen atoms in total. The number of rotatable bonds is 16. The number of carbonyl (C=O) groups excluding carboxylic acids is 8. The van der Waals surface area contributed by atoms with Gasteiger partial charge in [-0.05, 0) is 103 Å². The summed E-state index contributed by atoms with van der Waals surface area (Å²) in [6.07, 6.45) is -0.948. The van der Waals surface area contributed by atoms with Crippen molar-refractivity contribution in [2.45, 2.75) is 168 Å². The number of unbranched alkanes of at least 4 members (excludes halogenated alkanes) is 1. The predicted molar refractivity (Wildman–Crippen MR) is 249 cm³/mol. The van der Waals surface area contributed by atoms with Gasteiger partial charge in [0.1, 0.15) is 60.4 Å². The average molecular weight is 994 g/mol. The van der Waals surface area contributed by atoms with Crippen LogP contribution in [0.15, 0.2) is 22.7 Å². The third kappa shape index (κ3) is 14.6. The smallest absolute Gasteiger partial charge is 0.329 e. The number of hydrogen-bond donors (Lipinski definition) is 7. The van der Waals surface area contributed by atoms with Gasteiger partial charge in [0, 0.05) is 19.9 Å². The Hall–Kier alpha value is -4.82. The molecule has 0 aliphatic carbocycles. The molecule has 370 valence electrons. The largest absolute Gasteiger partial charge is 0.496 e. The summed E-state index contributed by atoms with van der Waals surface area (Å²) in [4.78, 5) is 116. The number of carbonyl (C=O) groups is 8. The highest BCUT2D eigenvalue weighted by molar-refractivity contribution is 9.10. The van der Waals surface area contributed by atoms with Crippen molar-refractivity contribution in [3.8, 4) is 5.75 Å². The molecule has 8 unspecified atom stereocenters. The van der Waals surface area contributed by atoms with Crippen LogP contribution in [0.2, 0.25) is 0 Å². The van der Waals surface area contributed by atoms with Gasteiger partial charge in [-0.2, -0.15) is 0 Å². The lowest BCUT2D eigenvalue weighted by molar-refractivity contribution is -0.168. The molecule has 1 aromatic rings. The second-order valence-electron chi connectivity index (χ2n) is 18.1. The predicted octanol–water partition coefficient (Wildman–Crippen LogP) is 1.79. The molecule has 8 N–H and O–H groups in total. The Balaban J connectivity index is 2.26. The Morgan fingerprint density at radius 1 is 0.970 bits per heavy atom. The Morgan fingerprint density at radius 2 is 1.65 bits per heavy atom. The fourth-order valence-corrected chi connectivity index (χ4v) is 8.65. The molecular formula is C46H73BrN8O11. The van der Waals surface area contributed by atoms with Crippen LogP contribution >= 0.6 is 15.9 Å². The zero-order valence-electron chi connectivity index (χ0n) is 40.1. The summed E-state index contributed by atoms with van der Waals surface area (Å²) in [6.45, 7) is 13.8. The molecule has 2 saturated heterocycles. The highest BCUT2D eigenvalue weighted by Crippen LogP contribution is 2.29. The number of benzene rings is 1. The fourth-order valence-electron chi connectivity index (χ4n) is 8.06. The van der Waals surface area contributed by atoms with Crippen LogP contribution in [0.4, 0.5) is 0 Å². The zero-order valence-corrected chi connectivity index (χ0v) is 41.7. The number of methoxy groups -OCH3 is 1. The highest BCUT2D eigenvalue weighted by Gasteiger charge is 2.47. The van der Waals surface area contributed by atoms with Crippen molar-refractivity contribution in [3.05, 3.63) is 28.2 Å². The average Bonchev–Trinajstić information content (AvgIpc) is 3.26. The van der Waals surface area contributed by atoms with Gasteiger partial charge in [-0.25, -0.2) is 4.79 Å². The third-order valence-electron chi connectivity index (χ3n) is 12.3. The number of nitrogens with two attached hydrogens (primary N) is 1. The highest BCUT2D eigenvalue weighted by atomic mass is 79.9. The van der Waals surface area contributed by atoms with Gasteiger partial charge < -0.3 is 56.7 Å². The van der Waals surface area contributed by atoms with Crippen molar-refractivity contribution in [1.29, 1.82) is 0 Å². The summed E-state index contributed by atoms with van der Waals surface area (Å²) in [5.41, 5.74) is 6.38. The minimum atomic E-state index is -1.63. The van der Waals surface area contributed by atoms with E-state index < -0.39 is 114 Å². The first-order chi connectivity index (χ1) is 31.1. The van der Waals surface area contributed by atoms with Crippen LogP contribution in [0.25, 0.3) is 0 Å². The van der Waals surface area contributed by atoms with Crippen molar-refractivity contribution in [3.63, 3.8) is 0 Å². The minimum Gasteiger partial charge on any atom is -0.496 e. The molecule has 0 saturated carbocycles. The van der Waals surface area contributed by atoms with Gasteiger partial charge in [-0.3, -0.25) is 33.6 Å². The lowest BCUT2D eigenvalue weighted by Crippen LogP contribution is -2.66. The summed E-state index contributed by atoms with van der Waals surface area (Å²) >= 11 is 3.49. The van der Waals surface area contributed by atoms with Crippen molar-refractivity contribution in [2.75, 3.05) is 20.7 Å². The van der Waals surface area contributed by atoms with Gasteiger partial charge in [0.15, 0.2) is 0 Å². The molecule has 2 bridgehead atoms. The molecule has 0 radical (unpaired) electrons. The van der Waals surface area contributed by atoms with Crippen molar-refractivity contribution < 1.29 is 52.9 Å². The van der Waals surface area contributed by atoms with E-state index in [-0.39, 0.29) is 44.6 Å². The standard InChI is InChI=1S/C46H73BrN8O11/c1-11-15-34(56)51-36(24(3)4)42(60)53-38-27(8)66-46(64)37(25(5)6)52-41(59)32(23-28-17-19-33(65-10)29(47)22-28)54(9)45(63)39(26(7)12-2)55-35(57)20-18-31(44(55)62)50-40(58)30(49-43(38)61)16-13-14-21-48/h17,19,22,24-27,30-32,35-39,57H,11-16,18,20-21,23,48H2,1-10H3,(H,49,61)(H,50,58)(H,51,56)(H,52,59)(H,53,60)/t26?,27-,30?,31?,32?,35?,36?,37?,38+,39?/m1/s1. The van der Waals surface area contributed by atoms with Crippen molar-refractivity contribution in [2.24, 2.45) is 23.5 Å². The van der Waals surface area contributed by atoms with Crippen LogP contribution in [-0.2, 0) is 49.5 Å². The van der Waals surface area contributed by atoms with Gasteiger partial charge in [-0.1, -0.05) is 61.0 Å². The normalized spacial score (nSPS) is 26.0. The number of esters is 1. The molecular weight excluding hydrogens is 920 g/mol. The van der Waals surface area contributed by atoms with Crippen LogP contribution in [0, 0.1) is 17.8 Å². The number of halogens is 1. The molecule has 2 heterocycles. The number of aliphatic hydroxyl groups is 1. The van der Waals surface area contributed by atoms with Gasteiger partial charge in [0.2, 0.25) is 41.4 Å². The maximum absolute atomic E-state index is 14.9. The number of amides is 7. The number of hydrogen-bond acceptors (Lipinski definition) is 12. The van der Waals surface area contributed by atoms with Crippen LogP contribution in [0.1, 0.15) is 112 Å². The quantitative estimate of drug-likeness (QED) is 0.0924. The van der Waals surface area contributed by atoms with E-state index in [1.807, 2.05) is 13.8 Å². The first kappa shape index (κ1) is 55.5. The second kappa shape index (κ2) is 25.9. The molecule has 10 atom stereocenters. The zero-order chi connectivity index (χ0) is 49.6. The number of ether oxygens (including phenoxy) is 2. The second-order valence-corrected chi connectivity index (χ2v) is 18.9. The molecule has 2 aliphatic heterocycles. The first-order valence-electron chi connectivity index (χ1n) is 23.1. The number of cyclic esters (lactones) is 1. The van der Waals surface area contributed by atoms with Gasteiger partial charge in [0.25, 0.3) is 0 Å². The number of fused-ring (bicyclic) bond motifs is 2. The van der Waals surface area contributed by atoms with E-state index in [9.17, 15) is 43.5 Å². The Morgan fingerprint density at radius 3 is 2.23 bits per heavy atom. The lowest BCUT2D eigenvalue weighted by Gasteiger charge is -2.44. The Kier molecular flexibility index (Phi) is 21.8. The van der Waals surface area contributed by atoms with Crippen LogP contribution in [-0.4, -0.2) is 138 Å². The van der Waals surface area contributed by atoms with E-state index >= 15 is 0 Å². The fraction of sp³-hybridized carbons (Fsp3) is 0.696. The van der Waals surface area contributed by atoms with Gasteiger partial charge >= 0.3 is 5.97 Å². The topological polar surface area (TPSA) is 268 Å². The van der Waals surface area contributed by atoms with Crippen molar-refractivity contribution >= 4 is 63.2 Å². The summed E-state index contributed by atoms with van der Waals surface area (Å²) in [5.74, 6) is -6.98. The van der Waals surface area contributed by atoms with E-state index in [4.69, 9.17) is 15.2 Å². The molecule has 0 aromatic heterocycles. The first-order valence-corrected chi connectivity index (χ1v) is 23.9. The number of likely N-dealkylation sites (N-methyl/N-ethyl adjacent to an activating group) is 1.